The first-order valence-corrected chi connectivity index (χ1v) is 6.84. The van der Waals surface area contributed by atoms with Crippen LogP contribution in [-0.4, -0.2) is 17.1 Å². The van der Waals surface area contributed by atoms with E-state index in [4.69, 9.17) is 10.6 Å². The summed E-state index contributed by atoms with van der Waals surface area (Å²) in [6, 6.07) is 2.09. The molecule has 0 amide bonds. The van der Waals surface area contributed by atoms with E-state index in [1.807, 2.05) is 6.92 Å². The van der Waals surface area contributed by atoms with Crippen molar-refractivity contribution in [2.24, 2.45) is 5.84 Å². The fraction of sp³-hybridized carbons (Fsp3) is 0.500. The fourth-order valence-corrected chi connectivity index (χ4v) is 2.84. The Balaban J connectivity index is 2.57. The minimum atomic E-state index is -0.0892. The fourth-order valence-electron chi connectivity index (χ4n) is 1.87. The summed E-state index contributed by atoms with van der Waals surface area (Å²) >= 11 is 1.68. The minimum Gasteiger partial charge on any atom is -0.373 e. The van der Waals surface area contributed by atoms with Gasteiger partial charge in [0.15, 0.2) is 11.6 Å². The van der Waals surface area contributed by atoms with Crippen LogP contribution in [0.15, 0.2) is 6.07 Å². The van der Waals surface area contributed by atoms with Gasteiger partial charge in [0.25, 0.3) is 0 Å². The second-order valence-corrected chi connectivity index (χ2v) is 5.11. The normalized spacial score (nSPS) is 12.9. The molecule has 0 spiro atoms. The monoisotopic (exact) mass is 266 g/mol. The summed E-state index contributed by atoms with van der Waals surface area (Å²) in [5.41, 5.74) is 2.65. The summed E-state index contributed by atoms with van der Waals surface area (Å²) in [6.07, 6.45) is 1.73. The smallest absolute Gasteiger partial charge is 0.161 e. The Kier molecular flexibility index (Phi) is 4.11. The maximum atomic E-state index is 5.54. The molecule has 0 saturated carbocycles. The molecular weight excluding hydrogens is 248 g/mol. The summed E-state index contributed by atoms with van der Waals surface area (Å²) < 4.78 is 5.38. The molecule has 18 heavy (non-hydrogen) atoms. The average molecular weight is 266 g/mol. The molecule has 2 rings (SSSR count). The highest BCUT2D eigenvalue weighted by molar-refractivity contribution is 7.18. The van der Waals surface area contributed by atoms with Gasteiger partial charge in [-0.05, 0) is 18.9 Å². The highest BCUT2D eigenvalue weighted by atomic mass is 32.1. The Morgan fingerprint density at radius 2 is 2.22 bits per heavy atom. The Morgan fingerprint density at radius 1 is 1.44 bits per heavy atom. The van der Waals surface area contributed by atoms with E-state index in [9.17, 15) is 0 Å². The van der Waals surface area contributed by atoms with Crippen LogP contribution in [0.5, 0.6) is 0 Å². The molecule has 3 N–H and O–H groups in total. The van der Waals surface area contributed by atoms with Crippen molar-refractivity contribution in [1.29, 1.82) is 0 Å². The van der Waals surface area contributed by atoms with E-state index in [0.717, 1.165) is 23.1 Å². The molecule has 6 heteroatoms. The number of hydrogen-bond acceptors (Lipinski definition) is 6. The molecule has 0 saturated heterocycles. The van der Waals surface area contributed by atoms with Crippen LogP contribution in [0.4, 0.5) is 5.82 Å². The molecule has 0 radical (unpaired) electrons. The Hall–Kier alpha value is -1.24. The lowest BCUT2D eigenvalue weighted by Gasteiger charge is -2.12. The van der Waals surface area contributed by atoms with Crippen LogP contribution in [-0.2, 0) is 11.2 Å². The van der Waals surface area contributed by atoms with Gasteiger partial charge in [0.2, 0.25) is 0 Å². The number of hydrazine groups is 1. The van der Waals surface area contributed by atoms with Crippen LogP contribution in [0.2, 0.25) is 0 Å². The predicted molar refractivity (Wildman–Crippen MR) is 74.6 cm³/mol. The first-order valence-electron chi connectivity index (χ1n) is 6.03. The van der Waals surface area contributed by atoms with Crippen molar-refractivity contribution >= 4 is 27.4 Å². The van der Waals surface area contributed by atoms with Crippen molar-refractivity contribution < 1.29 is 4.74 Å². The summed E-state index contributed by atoms with van der Waals surface area (Å²) in [4.78, 5) is 11.3. The van der Waals surface area contributed by atoms with Gasteiger partial charge in [-0.15, -0.1) is 11.3 Å². The van der Waals surface area contributed by atoms with Crippen molar-refractivity contribution in [3.8, 4) is 0 Å². The van der Waals surface area contributed by atoms with Gasteiger partial charge in [-0.2, -0.15) is 0 Å². The van der Waals surface area contributed by atoms with E-state index in [2.05, 4.69) is 28.4 Å². The van der Waals surface area contributed by atoms with E-state index < -0.39 is 0 Å². The second-order valence-electron chi connectivity index (χ2n) is 3.99. The summed E-state index contributed by atoms with van der Waals surface area (Å²) in [6.45, 7) is 4.17. The number of fused-ring (bicyclic) bond motifs is 1. The third-order valence-corrected chi connectivity index (χ3v) is 4.06. The summed E-state index contributed by atoms with van der Waals surface area (Å²) in [5, 5.41) is 0.981. The number of nitrogens with zero attached hydrogens (tertiary/aromatic N) is 2. The lowest BCUT2D eigenvalue weighted by Crippen LogP contribution is -2.13. The van der Waals surface area contributed by atoms with Crippen LogP contribution in [0, 0.1) is 0 Å². The minimum absolute atomic E-state index is 0.0892. The van der Waals surface area contributed by atoms with E-state index in [-0.39, 0.29) is 6.10 Å². The number of hydrogen-bond donors (Lipinski definition) is 2. The van der Waals surface area contributed by atoms with Crippen molar-refractivity contribution in [2.75, 3.05) is 12.5 Å². The van der Waals surface area contributed by atoms with Gasteiger partial charge in [-0.1, -0.05) is 13.8 Å². The standard InChI is InChI=1S/C12H18N4OS/c1-4-7-6-8-10(16-13)14-11(9(5-2)17-3)15-12(8)18-7/h6,9H,4-5,13H2,1-3H3,(H,14,15,16). The van der Waals surface area contributed by atoms with Crippen molar-refractivity contribution in [3.05, 3.63) is 16.8 Å². The molecule has 0 aliphatic carbocycles. The van der Waals surface area contributed by atoms with Gasteiger partial charge in [-0.3, -0.25) is 0 Å². The highest BCUT2D eigenvalue weighted by Gasteiger charge is 2.16. The second kappa shape index (κ2) is 5.60. The first kappa shape index (κ1) is 13.2. The zero-order valence-electron chi connectivity index (χ0n) is 10.9. The highest BCUT2D eigenvalue weighted by Crippen LogP contribution is 2.31. The predicted octanol–water partition coefficient (Wildman–Crippen LogP) is 2.64. The molecule has 0 aromatic carbocycles. The van der Waals surface area contributed by atoms with E-state index >= 15 is 0 Å². The molecular formula is C12H18N4OS. The zero-order valence-corrected chi connectivity index (χ0v) is 11.7. The number of nitrogen functional groups attached to an aromatic ring is 1. The number of aromatic nitrogens is 2. The van der Waals surface area contributed by atoms with Gasteiger partial charge in [0.05, 0.1) is 5.39 Å². The number of aryl methyl sites for hydroxylation is 1. The molecule has 5 nitrogen and oxygen atoms in total. The number of ether oxygens (including phenoxy) is 1. The van der Waals surface area contributed by atoms with Crippen LogP contribution in [0.25, 0.3) is 10.2 Å². The van der Waals surface area contributed by atoms with Crippen LogP contribution in [0.3, 0.4) is 0 Å². The number of anilines is 1. The van der Waals surface area contributed by atoms with Crippen molar-refractivity contribution in [3.63, 3.8) is 0 Å². The van der Waals surface area contributed by atoms with E-state index in [1.54, 1.807) is 18.4 Å². The first-order chi connectivity index (χ1) is 8.73. The Bertz CT molecular complexity index is 536. The molecule has 2 aromatic heterocycles. The molecule has 0 bridgehead atoms. The maximum Gasteiger partial charge on any atom is 0.161 e. The third-order valence-electron chi connectivity index (χ3n) is 2.89. The zero-order chi connectivity index (χ0) is 13.1. The maximum absolute atomic E-state index is 5.54. The molecule has 0 aliphatic rings. The molecule has 98 valence electrons. The number of rotatable bonds is 5. The average Bonchev–Trinajstić information content (AvgIpc) is 2.82. The SMILES string of the molecule is CCc1cc2c(NN)nc(C(CC)OC)nc2s1. The molecule has 1 unspecified atom stereocenters. The lowest BCUT2D eigenvalue weighted by molar-refractivity contribution is 0.0930. The largest absolute Gasteiger partial charge is 0.373 e. The molecule has 2 heterocycles. The quantitative estimate of drug-likeness (QED) is 0.643. The Morgan fingerprint density at radius 3 is 2.78 bits per heavy atom. The topological polar surface area (TPSA) is 73.1 Å². The summed E-state index contributed by atoms with van der Waals surface area (Å²) in [5.74, 6) is 6.90. The molecule has 0 aliphatic heterocycles. The number of nitrogens with two attached hydrogens (primary N) is 1. The van der Waals surface area contributed by atoms with Crippen LogP contribution in [0.1, 0.15) is 37.1 Å². The Labute approximate surface area is 110 Å². The third kappa shape index (κ3) is 2.31. The number of nitrogens with one attached hydrogen (secondary N) is 1. The van der Waals surface area contributed by atoms with E-state index in [1.165, 1.54) is 4.88 Å². The molecule has 0 fully saturated rings. The molecule has 2 aromatic rings. The van der Waals surface area contributed by atoms with Gasteiger partial charge in [0.1, 0.15) is 10.9 Å². The van der Waals surface area contributed by atoms with Gasteiger partial charge >= 0.3 is 0 Å². The van der Waals surface area contributed by atoms with Gasteiger partial charge < -0.3 is 10.2 Å². The van der Waals surface area contributed by atoms with Crippen LogP contribution < -0.4 is 11.3 Å². The lowest BCUT2D eigenvalue weighted by atomic mass is 10.2. The van der Waals surface area contributed by atoms with Gasteiger partial charge in [-0.25, -0.2) is 15.8 Å². The number of thiophene rings is 1. The number of methoxy groups -OCH3 is 1. The molecule has 1 atom stereocenters. The van der Waals surface area contributed by atoms with Crippen LogP contribution >= 0.6 is 11.3 Å². The van der Waals surface area contributed by atoms with Crippen molar-refractivity contribution in [2.45, 2.75) is 32.8 Å². The summed E-state index contributed by atoms with van der Waals surface area (Å²) in [7, 11) is 1.67. The van der Waals surface area contributed by atoms with E-state index in [0.29, 0.717) is 11.6 Å². The van der Waals surface area contributed by atoms with Crippen molar-refractivity contribution in [1.82, 2.24) is 9.97 Å². The van der Waals surface area contributed by atoms with Gasteiger partial charge in [0, 0.05) is 12.0 Å².